The quantitative estimate of drug-likeness (QED) is 0.771. The van der Waals surface area contributed by atoms with E-state index >= 15 is 0 Å². The predicted octanol–water partition coefficient (Wildman–Crippen LogP) is 1.95. The zero-order valence-corrected chi connectivity index (χ0v) is 12.0. The molecule has 0 aliphatic carbocycles. The average molecular weight is 276 g/mol. The number of amides is 1. The number of aryl methyl sites for hydroxylation is 1. The minimum absolute atomic E-state index is 0.200. The zero-order valence-electron chi connectivity index (χ0n) is 12.0. The molecule has 1 fully saturated rings. The standard InChI is InChI=1S/C15H20N2O3/c1-11-8-13(10-16-9-11)15(19)20-12(2)5-7-17-6-3-4-14(17)18/h8-10,12H,3-7H2,1-2H3/t12-/m0/s1. The number of aromatic nitrogens is 1. The molecule has 1 aliphatic rings. The Bertz CT molecular complexity index is 502. The molecule has 2 rings (SSSR count). The Labute approximate surface area is 118 Å². The van der Waals surface area contributed by atoms with E-state index < -0.39 is 0 Å². The molecule has 1 saturated heterocycles. The summed E-state index contributed by atoms with van der Waals surface area (Å²) in [7, 11) is 0. The fourth-order valence-electron chi connectivity index (χ4n) is 2.25. The normalized spacial score (nSPS) is 16.3. The SMILES string of the molecule is Cc1cncc(C(=O)O[C@@H](C)CCN2CCCC2=O)c1. The van der Waals surface area contributed by atoms with E-state index in [4.69, 9.17) is 4.74 Å². The molecule has 1 aromatic heterocycles. The molecular weight excluding hydrogens is 256 g/mol. The van der Waals surface area contributed by atoms with E-state index in [9.17, 15) is 9.59 Å². The molecule has 5 nitrogen and oxygen atoms in total. The molecule has 108 valence electrons. The molecule has 0 N–H and O–H groups in total. The second-order valence-electron chi connectivity index (χ2n) is 5.24. The van der Waals surface area contributed by atoms with Crippen LogP contribution in [0.3, 0.4) is 0 Å². The van der Waals surface area contributed by atoms with Gasteiger partial charge < -0.3 is 9.64 Å². The Hall–Kier alpha value is -1.91. The van der Waals surface area contributed by atoms with Crippen LogP contribution in [0.25, 0.3) is 0 Å². The summed E-state index contributed by atoms with van der Waals surface area (Å²) in [4.78, 5) is 29.2. The van der Waals surface area contributed by atoms with Gasteiger partial charge in [0.15, 0.2) is 0 Å². The average Bonchev–Trinajstić information content (AvgIpc) is 2.82. The summed E-state index contributed by atoms with van der Waals surface area (Å²) >= 11 is 0. The van der Waals surface area contributed by atoms with Gasteiger partial charge in [-0.25, -0.2) is 4.79 Å². The third-order valence-corrected chi connectivity index (χ3v) is 3.40. The van der Waals surface area contributed by atoms with Gasteiger partial charge in [-0.2, -0.15) is 0 Å². The smallest absolute Gasteiger partial charge is 0.339 e. The summed E-state index contributed by atoms with van der Waals surface area (Å²) in [6.45, 7) is 5.20. The molecule has 5 heteroatoms. The maximum Gasteiger partial charge on any atom is 0.339 e. The maximum atomic E-state index is 11.9. The number of ether oxygens (including phenoxy) is 1. The number of likely N-dealkylation sites (tertiary alicyclic amines) is 1. The van der Waals surface area contributed by atoms with Gasteiger partial charge in [-0.05, 0) is 31.9 Å². The summed E-state index contributed by atoms with van der Waals surface area (Å²) in [6.07, 6.45) is 5.23. The molecule has 0 spiro atoms. The molecule has 20 heavy (non-hydrogen) atoms. The van der Waals surface area contributed by atoms with Crippen LogP contribution in [-0.4, -0.2) is 41.0 Å². The van der Waals surface area contributed by atoms with E-state index in [2.05, 4.69) is 4.98 Å². The van der Waals surface area contributed by atoms with Gasteiger partial charge in [0, 0.05) is 38.3 Å². The van der Waals surface area contributed by atoms with Gasteiger partial charge in [0.2, 0.25) is 5.91 Å². The highest BCUT2D eigenvalue weighted by atomic mass is 16.5. The number of esters is 1. The molecule has 0 bridgehead atoms. The van der Waals surface area contributed by atoms with E-state index in [0.717, 1.165) is 18.5 Å². The third kappa shape index (κ3) is 3.79. The molecule has 0 unspecified atom stereocenters. The van der Waals surface area contributed by atoms with Crippen LogP contribution in [0.1, 0.15) is 42.1 Å². The number of rotatable bonds is 5. The predicted molar refractivity (Wildman–Crippen MR) is 74.3 cm³/mol. The molecule has 1 aromatic rings. The highest BCUT2D eigenvalue weighted by Crippen LogP contribution is 2.12. The van der Waals surface area contributed by atoms with E-state index in [0.29, 0.717) is 24.9 Å². The second-order valence-corrected chi connectivity index (χ2v) is 5.24. The molecule has 1 aliphatic heterocycles. The van der Waals surface area contributed by atoms with Gasteiger partial charge in [-0.15, -0.1) is 0 Å². The monoisotopic (exact) mass is 276 g/mol. The van der Waals surface area contributed by atoms with Crippen LogP contribution in [0, 0.1) is 6.92 Å². The van der Waals surface area contributed by atoms with Gasteiger partial charge in [-0.3, -0.25) is 9.78 Å². The fourth-order valence-corrected chi connectivity index (χ4v) is 2.25. The van der Waals surface area contributed by atoms with Gasteiger partial charge >= 0.3 is 5.97 Å². The lowest BCUT2D eigenvalue weighted by Crippen LogP contribution is -2.29. The number of hydrogen-bond acceptors (Lipinski definition) is 4. The fraction of sp³-hybridized carbons (Fsp3) is 0.533. The van der Waals surface area contributed by atoms with Crippen LogP contribution in [0.15, 0.2) is 18.5 Å². The van der Waals surface area contributed by atoms with Crippen molar-refractivity contribution in [3.8, 4) is 0 Å². The minimum Gasteiger partial charge on any atom is -0.459 e. The van der Waals surface area contributed by atoms with E-state index in [1.807, 2.05) is 18.7 Å². The molecule has 1 atom stereocenters. The first-order valence-electron chi connectivity index (χ1n) is 6.96. The van der Waals surface area contributed by atoms with Crippen LogP contribution < -0.4 is 0 Å². The van der Waals surface area contributed by atoms with Crippen LogP contribution in [0.4, 0.5) is 0 Å². The molecule has 0 radical (unpaired) electrons. The van der Waals surface area contributed by atoms with Gasteiger partial charge in [-0.1, -0.05) is 0 Å². The summed E-state index contributed by atoms with van der Waals surface area (Å²) in [5, 5.41) is 0. The van der Waals surface area contributed by atoms with Crippen LogP contribution >= 0.6 is 0 Å². The lowest BCUT2D eigenvalue weighted by molar-refractivity contribution is -0.127. The Kier molecular flexibility index (Phi) is 4.71. The number of nitrogens with zero attached hydrogens (tertiary/aromatic N) is 2. The molecule has 1 amide bonds. The van der Waals surface area contributed by atoms with Crippen molar-refractivity contribution < 1.29 is 14.3 Å². The Morgan fingerprint density at radius 2 is 2.30 bits per heavy atom. The maximum absolute atomic E-state index is 11.9. The highest BCUT2D eigenvalue weighted by molar-refractivity contribution is 5.89. The topological polar surface area (TPSA) is 59.5 Å². The summed E-state index contributed by atoms with van der Waals surface area (Å²) in [6, 6.07) is 1.76. The Morgan fingerprint density at radius 1 is 1.50 bits per heavy atom. The number of hydrogen-bond donors (Lipinski definition) is 0. The Balaban J connectivity index is 1.80. The van der Waals surface area contributed by atoms with Crippen molar-refractivity contribution in [3.63, 3.8) is 0 Å². The van der Waals surface area contributed by atoms with Crippen LogP contribution in [-0.2, 0) is 9.53 Å². The first-order valence-corrected chi connectivity index (χ1v) is 6.96. The van der Waals surface area contributed by atoms with Gasteiger partial charge in [0.1, 0.15) is 6.10 Å². The summed E-state index contributed by atoms with van der Waals surface area (Å²) in [5.74, 6) is -0.159. The first-order chi connectivity index (χ1) is 9.56. The molecule has 0 aromatic carbocycles. The molecular formula is C15H20N2O3. The number of carbonyl (C=O) groups is 2. The van der Waals surface area contributed by atoms with Crippen molar-refractivity contribution in [3.05, 3.63) is 29.6 Å². The lowest BCUT2D eigenvalue weighted by atomic mass is 10.2. The second kappa shape index (κ2) is 6.50. The van der Waals surface area contributed by atoms with Crippen molar-refractivity contribution in [1.29, 1.82) is 0 Å². The summed E-state index contributed by atoms with van der Waals surface area (Å²) < 4.78 is 5.37. The van der Waals surface area contributed by atoms with Gasteiger partial charge in [0.05, 0.1) is 5.56 Å². The van der Waals surface area contributed by atoms with Crippen LogP contribution in [0.2, 0.25) is 0 Å². The van der Waals surface area contributed by atoms with Gasteiger partial charge in [0.25, 0.3) is 0 Å². The van der Waals surface area contributed by atoms with E-state index in [1.165, 1.54) is 6.20 Å². The molecule has 0 saturated carbocycles. The van der Waals surface area contributed by atoms with Crippen molar-refractivity contribution in [2.45, 2.75) is 39.2 Å². The summed E-state index contributed by atoms with van der Waals surface area (Å²) in [5.41, 5.74) is 1.39. The Morgan fingerprint density at radius 3 is 2.95 bits per heavy atom. The lowest BCUT2D eigenvalue weighted by Gasteiger charge is -2.19. The first kappa shape index (κ1) is 14.5. The van der Waals surface area contributed by atoms with Crippen molar-refractivity contribution >= 4 is 11.9 Å². The van der Waals surface area contributed by atoms with Crippen molar-refractivity contribution in [1.82, 2.24) is 9.88 Å². The molecule has 2 heterocycles. The largest absolute Gasteiger partial charge is 0.459 e. The van der Waals surface area contributed by atoms with E-state index in [1.54, 1.807) is 12.3 Å². The third-order valence-electron chi connectivity index (χ3n) is 3.40. The number of pyridine rings is 1. The number of carbonyl (C=O) groups excluding carboxylic acids is 2. The zero-order chi connectivity index (χ0) is 14.5. The van der Waals surface area contributed by atoms with Crippen molar-refractivity contribution in [2.24, 2.45) is 0 Å². The van der Waals surface area contributed by atoms with E-state index in [-0.39, 0.29) is 18.0 Å². The van der Waals surface area contributed by atoms with Crippen molar-refractivity contribution in [2.75, 3.05) is 13.1 Å². The highest BCUT2D eigenvalue weighted by Gasteiger charge is 2.21. The minimum atomic E-state index is -0.360. The van der Waals surface area contributed by atoms with Crippen LogP contribution in [0.5, 0.6) is 0 Å².